The van der Waals surface area contributed by atoms with Crippen molar-refractivity contribution in [2.24, 2.45) is 5.92 Å². The number of carbonyl (C=O) groups is 1. The lowest BCUT2D eigenvalue weighted by Gasteiger charge is -2.32. The molecular formula is C10H15BrN4O3S2. The molecule has 1 saturated heterocycles. The molecule has 7 nitrogen and oxygen atoms in total. The molecule has 1 N–H and O–H groups in total. The van der Waals surface area contributed by atoms with Crippen LogP contribution in [0.3, 0.4) is 0 Å². The number of nitrogens with zero attached hydrogens (tertiary/aromatic N) is 3. The molecule has 1 aliphatic heterocycles. The predicted molar refractivity (Wildman–Crippen MR) is 79.5 cm³/mol. The molecule has 0 bridgehead atoms. The average Bonchev–Trinajstić information content (AvgIpc) is 2.80. The van der Waals surface area contributed by atoms with Gasteiger partial charge in [-0.2, -0.15) is 4.31 Å². The van der Waals surface area contributed by atoms with Crippen molar-refractivity contribution in [3.8, 4) is 0 Å². The minimum atomic E-state index is -3.63. The number of sulfonamides is 1. The summed E-state index contributed by atoms with van der Waals surface area (Å²) < 4.78 is 26.2. The highest BCUT2D eigenvalue weighted by atomic mass is 79.9. The zero-order chi connectivity index (χ0) is 14.9. The number of rotatable bonds is 3. The topological polar surface area (TPSA) is 92.3 Å². The zero-order valence-electron chi connectivity index (χ0n) is 11.0. The van der Waals surface area contributed by atoms with Crippen molar-refractivity contribution < 1.29 is 13.2 Å². The van der Waals surface area contributed by atoms with Crippen LogP contribution in [0.5, 0.6) is 0 Å². The lowest BCUT2D eigenvalue weighted by molar-refractivity contribution is -0.114. The van der Waals surface area contributed by atoms with Crippen LogP contribution >= 0.6 is 27.3 Å². The van der Waals surface area contributed by atoms with E-state index in [9.17, 15) is 13.2 Å². The monoisotopic (exact) mass is 382 g/mol. The Morgan fingerprint density at radius 3 is 2.80 bits per heavy atom. The molecule has 0 spiro atoms. The van der Waals surface area contributed by atoms with Crippen LogP contribution in [0.1, 0.15) is 20.3 Å². The quantitative estimate of drug-likeness (QED) is 0.627. The Labute approximate surface area is 129 Å². The molecule has 2 rings (SSSR count). The first-order valence-electron chi connectivity index (χ1n) is 6.06. The second-order valence-electron chi connectivity index (χ2n) is 4.70. The standard InChI is InChI=1S/C10H15BrN4O3S2/c1-6-5-15(4-3-8(6)11)20(17,18)10-14-13-9(19-10)12-7(2)16/h6,8H,3-5H2,1-2H3,(H,12,13,16). The van der Waals surface area contributed by atoms with Gasteiger partial charge in [-0.3, -0.25) is 4.79 Å². The van der Waals surface area contributed by atoms with E-state index in [1.807, 2.05) is 6.92 Å². The van der Waals surface area contributed by atoms with Crippen LogP contribution in [0, 0.1) is 5.92 Å². The number of anilines is 1. The summed E-state index contributed by atoms with van der Waals surface area (Å²) in [6.45, 7) is 4.24. The summed E-state index contributed by atoms with van der Waals surface area (Å²) in [5, 5.41) is 9.97. The molecule has 1 aromatic heterocycles. The fraction of sp³-hybridized carbons (Fsp3) is 0.700. The second kappa shape index (κ2) is 6.04. The van der Waals surface area contributed by atoms with Crippen molar-refractivity contribution in [3.05, 3.63) is 0 Å². The normalized spacial score (nSPS) is 24.6. The number of nitrogens with one attached hydrogen (secondary N) is 1. The smallest absolute Gasteiger partial charge is 0.272 e. The van der Waals surface area contributed by atoms with Crippen molar-refractivity contribution in [2.45, 2.75) is 29.4 Å². The van der Waals surface area contributed by atoms with Crippen LogP contribution in [-0.2, 0) is 14.8 Å². The van der Waals surface area contributed by atoms with Crippen molar-refractivity contribution >= 4 is 48.3 Å². The first-order chi connectivity index (χ1) is 9.30. The zero-order valence-corrected chi connectivity index (χ0v) is 14.3. The first-order valence-corrected chi connectivity index (χ1v) is 9.23. The number of hydrogen-bond donors (Lipinski definition) is 1. The van der Waals surface area contributed by atoms with Crippen molar-refractivity contribution in [3.63, 3.8) is 0 Å². The minimum Gasteiger partial charge on any atom is -0.301 e. The third kappa shape index (κ3) is 3.35. The molecule has 0 aliphatic carbocycles. The molecule has 20 heavy (non-hydrogen) atoms. The van der Waals surface area contributed by atoms with Gasteiger partial charge in [0.05, 0.1) is 0 Å². The Bertz CT molecular complexity index is 603. The number of halogens is 1. The van der Waals surface area contributed by atoms with Gasteiger partial charge in [-0.05, 0) is 12.3 Å². The van der Waals surface area contributed by atoms with E-state index in [0.29, 0.717) is 17.9 Å². The summed E-state index contributed by atoms with van der Waals surface area (Å²) in [6, 6.07) is 0. The minimum absolute atomic E-state index is 0.0820. The number of piperidine rings is 1. The van der Waals surface area contributed by atoms with E-state index >= 15 is 0 Å². The van der Waals surface area contributed by atoms with Gasteiger partial charge in [-0.1, -0.05) is 34.2 Å². The van der Waals surface area contributed by atoms with Crippen LogP contribution in [0.15, 0.2) is 4.34 Å². The summed E-state index contributed by atoms with van der Waals surface area (Å²) in [4.78, 5) is 11.2. The van der Waals surface area contributed by atoms with Crippen molar-refractivity contribution in [2.75, 3.05) is 18.4 Å². The number of carbonyl (C=O) groups excluding carboxylic acids is 1. The number of aromatic nitrogens is 2. The van der Waals surface area contributed by atoms with Gasteiger partial charge >= 0.3 is 0 Å². The van der Waals surface area contributed by atoms with Crippen molar-refractivity contribution in [1.82, 2.24) is 14.5 Å². The Morgan fingerprint density at radius 2 is 2.20 bits per heavy atom. The van der Waals surface area contributed by atoms with Gasteiger partial charge < -0.3 is 5.32 Å². The molecule has 2 unspecified atom stereocenters. The van der Waals surface area contributed by atoms with Gasteiger partial charge in [0, 0.05) is 24.8 Å². The van der Waals surface area contributed by atoms with E-state index in [2.05, 4.69) is 31.4 Å². The largest absolute Gasteiger partial charge is 0.301 e. The van der Waals surface area contributed by atoms with Gasteiger partial charge in [0.2, 0.25) is 15.4 Å². The van der Waals surface area contributed by atoms with Crippen LogP contribution in [0.2, 0.25) is 0 Å². The Morgan fingerprint density at radius 1 is 1.50 bits per heavy atom. The molecule has 1 fully saturated rings. The maximum Gasteiger partial charge on any atom is 0.272 e. The highest BCUT2D eigenvalue weighted by Crippen LogP contribution is 2.29. The molecule has 112 valence electrons. The Hall–Kier alpha value is -0.580. The number of hydrogen-bond acceptors (Lipinski definition) is 6. The molecule has 10 heteroatoms. The fourth-order valence-electron chi connectivity index (χ4n) is 1.92. The van der Waals surface area contributed by atoms with Crippen LogP contribution in [-0.4, -0.2) is 46.7 Å². The summed E-state index contributed by atoms with van der Waals surface area (Å²) in [5.74, 6) is -0.0694. The van der Waals surface area contributed by atoms with E-state index in [0.717, 1.165) is 17.8 Å². The molecule has 1 aromatic rings. The summed E-state index contributed by atoms with van der Waals surface area (Å²) in [5.41, 5.74) is 0. The highest BCUT2D eigenvalue weighted by molar-refractivity contribution is 9.09. The predicted octanol–water partition coefficient (Wildman–Crippen LogP) is 1.29. The molecule has 1 amide bonds. The SMILES string of the molecule is CC(=O)Nc1nnc(S(=O)(=O)N2CCC(Br)C(C)C2)s1. The molecule has 0 saturated carbocycles. The molecule has 0 aromatic carbocycles. The van der Waals surface area contributed by atoms with Crippen LogP contribution in [0.4, 0.5) is 5.13 Å². The maximum absolute atomic E-state index is 12.4. The van der Waals surface area contributed by atoms with E-state index in [4.69, 9.17) is 0 Å². The van der Waals surface area contributed by atoms with Crippen LogP contribution in [0.25, 0.3) is 0 Å². The van der Waals surface area contributed by atoms with Gasteiger partial charge in [0.25, 0.3) is 10.0 Å². The van der Waals surface area contributed by atoms with Gasteiger partial charge in [-0.25, -0.2) is 8.42 Å². The van der Waals surface area contributed by atoms with E-state index in [1.54, 1.807) is 0 Å². The molecule has 1 aliphatic rings. The highest BCUT2D eigenvalue weighted by Gasteiger charge is 2.34. The van der Waals surface area contributed by atoms with E-state index in [1.165, 1.54) is 11.2 Å². The van der Waals surface area contributed by atoms with Crippen LogP contribution < -0.4 is 5.32 Å². The molecule has 0 radical (unpaired) electrons. The second-order valence-corrected chi connectivity index (χ2v) is 8.96. The lowest BCUT2D eigenvalue weighted by Crippen LogP contribution is -2.43. The van der Waals surface area contributed by atoms with Gasteiger partial charge in [-0.15, -0.1) is 10.2 Å². The number of amides is 1. The Kier molecular flexibility index (Phi) is 4.77. The number of alkyl halides is 1. The van der Waals surface area contributed by atoms with Crippen molar-refractivity contribution in [1.29, 1.82) is 0 Å². The summed E-state index contributed by atoms with van der Waals surface area (Å²) in [6.07, 6.45) is 0.762. The van der Waals surface area contributed by atoms with E-state index < -0.39 is 10.0 Å². The molecule has 2 heterocycles. The first kappa shape index (κ1) is 15.8. The third-order valence-corrected chi connectivity index (χ3v) is 7.42. The van der Waals surface area contributed by atoms with Gasteiger partial charge in [0.15, 0.2) is 0 Å². The molecule has 2 atom stereocenters. The third-order valence-electron chi connectivity index (χ3n) is 3.01. The summed E-state index contributed by atoms with van der Waals surface area (Å²) >= 11 is 4.41. The summed E-state index contributed by atoms with van der Waals surface area (Å²) in [7, 11) is -3.63. The lowest BCUT2D eigenvalue weighted by atomic mass is 10.0. The fourth-order valence-corrected chi connectivity index (χ4v) is 4.93. The van der Waals surface area contributed by atoms with E-state index in [-0.39, 0.29) is 21.3 Å². The average molecular weight is 383 g/mol. The Balaban J connectivity index is 2.18. The maximum atomic E-state index is 12.4. The molecular weight excluding hydrogens is 368 g/mol. The van der Waals surface area contributed by atoms with Gasteiger partial charge in [0.1, 0.15) is 0 Å².